The van der Waals surface area contributed by atoms with Crippen molar-refractivity contribution in [2.24, 2.45) is 11.1 Å². The summed E-state index contributed by atoms with van der Waals surface area (Å²) in [6.45, 7) is 6.87. The number of allylic oxidation sites excluding steroid dienone is 3. The molecule has 2 aliphatic rings. The minimum atomic E-state index is -0.626. The summed E-state index contributed by atoms with van der Waals surface area (Å²) in [5, 5.41) is 10.4. The van der Waals surface area contributed by atoms with Crippen molar-refractivity contribution in [3.63, 3.8) is 0 Å². The fraction of sp³-hybridized carbons (Fsp3) is 0.357. The highest BCUT2D eigenvalue weighted by molar-refractivity contribution is 6.32. The van der Waals surface area contributed by atoms with Crippen LogP contribution >= 0.6 is 11.6 Å². The zero-order chi connectivity index (χ0) is 25.9. The van der Waals surface area contributed by atoms with Crippen molar-refractivity contribution in [3.05, 3.63) is 75.8 Å². The number of hydrogen-bond acceptors (Lipinski definition) is 7. The van der Waals surface area contributed by atoms with Crippen LogP contribution in [0.2, 0.25) is 5.02 Å². The van der Waals surface area contributed by atoms with Gasteiger partial charge in [0.15, 0.2) is 17.3 Å². The second-order valence-electron chi connectivity index (χ2n) is 9.47. The van der Waals surface area contributed by atoms with Gasteiger partial charge >= 0.3 is 0 Å². The maximum Gasteiger partial charge on any atom is 0.205 e. The molecule has 4 rings (SSSR count). The smallest absolute Gasteiger partial charge is 0.205 e. The van der Waals surface area contributed by atoms with Crippen molar-refractivity contribution in [2.75, 3.05) is 19.8 Å². The molecule has 0 amide bonds. The number of para-hydroxylation sites is 1. The number of halogens is 1. The second kappa shape index (κ2) is 10.5. The van der Waals surface area contributed by atoms with Crippen LogP contribution in [0.3, 0.4) is 0 Å². The lowest BCUT2D eigenvalue weighted by molar-refractivity contribution is -0.119. The van der Waals surface area contributed by atoms with Crippen molar-refractivity contribution >= 4 is 17.4 Å². The van der Waals surface area contributed by atoms with Gasteiger partial charge < -0.3 is 24.7 Å². The quantitative estimate of drug-likeness (QED) is 0.459. The lowest BCUT2D eigenvalue weighted by Gasteiger charge is -2.37. The molecule has 0 saturated heterocycles. The third kappa shape index (κ3) is 5.29. The van der Waals surface area contributed by atoms with Crippen molar-refractivity contribution < 1.29 is 23.7 Å². The molecule has 2 aromatic rings. The van der Waals surface area contributed by atoms with E-state index in [0.29, 0.717) is 58.6 Å². The summed E-state index contributed by atoms with van der Waals surface area (Å²) in [5.41, 5.74) is 7.30. The standard InChI is InChI=1S/C28H29ClN2O5/c1-4-33-23-13-17(9-10-22(23)35-12-11-34-21-8-6-5-7-19(21)29)25-18(16-30)27(31)36-24-15-28(2,3)14-20(32)26(24)25/h5-10,13,25H,4,11-12,14-15,31H2,1-3H3. The van der Waals surface area contributed by atoms with Crippen LogP contribution in [-0.4, -0.2) is 25.6 Å². The first-order valence-corrected chi connectivity index (χ1v) is 12.2. The molecule has 8 heteroatoms. The Morgan fingerprint density at radius 1 is 1.08 bits per heavy atom. The van der Waals surface area contributed by atoms with Gasteiger partial charge in [-0.1, -0.05) is 43.6 Å². The first-order valence-electron chi connectivity index (χ1n) is 11.8. The van der Waals surface area contributed by atoms with Crippen molar-refractivity contribution in [1.82, 2.24) is 0 Å². The number of carbonyl (C=O) groups is 1. The largest absolute Gasteiger partial charge is 0.490 e. The third-order valence-electron chi connectivity index (χ3n) is 6.11. The predicted molar refractivity (Wildman–Crippen MR) is 136 cm³/mol. The second-order valence-corrected chi connectivity index (χ2v) is 9.88. The van der Waals surface area contributed by atoms with E-state index in [2.05, 4.69) is 6.07 Å². The zero-order valence-corrected chi connectivity index (χ0v) is 21.4. The average Bonchev–Trinajstić information content (AvgIpc) is 2.82. The van der Waals surface area contributed by atoms with Crippen molar-refractivity contribution in [3.8, 4) is 23.3 Å². The molecule has 1 aliphatic carbocycles. The van der Waals surface area contributed by atoms with Crippen LogP contribution in [0.25, 0.3) is 0 Å². The zero-order valence-electron chi connectivity index (χ0n) is 20.6. The monoisotopic (exact) mass is 508 g/mol. The Kier molecular flexibility index (Phi) is 7.46. The lowest BCUT2D eigenvalue weighted by Crippen LogP contribution is -2.33. The van der Waals surface area contributed by atoms with Gasteiger partial charge in [0.25, 0.3) is 0 Å². The number of nitriles is 1. The normalized spacial score (nSPS) is 18.8. The predicted octanol–water partition coefficient (Wildman–Crippen LogP) is 5.65. The fourth-order valence-corrected chi connectivity index (χ4v) is 4.77. The van der Waals surface area contributed by atoms with E-state index in [-0.39, 0.29) is 35.9 Å². The van der Waals surface area contributed by atoms with Gasteiger partial charge in [-0.3, -0.25) is 4.79 Å². The molecular weight excluding hydrogens is 480 g/mol. The molecule has 36 heavy (non-hydrogen) atoms. The molecule has 1 aliphatic heterocycles. The highest BCUT2D eigenvalue weighted by Gasteiger charge is 2.43. The molecule has 0 radical (unpaired) electrons. The number of nitrogens with zero attached hydrogens (tertiary/aromatic N) is 1. The summed E-state index contributed by atoms with van der Waals surface area (Å²) in [7, 11) is 0. The number of ether oxygens (including phenoxy) is 4. The van der Waals surface area contributed by atoms with Gasteiger partial charge in [0, 0.05) is 18.4 Å². The van der Waals surface area contributed by atoms with Crippen LogP contribution in [0.1, 0.15) is 45.1 Å². The molecule has 2 N–H and O–H groups in total. The highest BCUT2D eigenvalue weighted by atomic mass is 35.5. The highest BCUT2D eigenvalue weighted by Crippen LogP contribution is 2.48. The topological polar surface area (TPSA) is 104 Å². The van der Waals surface area contributed by atoms with Crippen molar-refractivity contribution in [1.29, 1.82) is 5.26 Å². The van der Waals surface area contributed by atoms with E-state index < -0.39 is 5.92 Å². The van der Waals surface area contributed by atoms with E-state index in [1.54, 1.807) is 24.3 Å². The molecule has 0 bridgehead atoms. The summed E-state index contributed by atoms with van der Waals surface area (Å²) in [6, 6.07) is 14.8. The van der Waals surface area contributed by atoms with Crippen molar-refractivity contribution in [2.45, 2.75) is 39.5 Å². The number of benzene rings is 2. The Bertz CT molecular complexity index is 1270. The van der Waals surface area contributed by atoms with Gasteiger partial charge in [-0.2, -0.15) is 5.26 Å². The van der Waals surface area contributed by atoms with E-state index in [1.807, 2.05) is 39.0 Å². The Morgan fingerprint density at radius 2 is 1.81 bits per heavy atom. The summed E-state index contributed by atoms with van der Waals surface area (Å²) in [5.74, 6) is 1.51. The van der Waals surface area contributed by atoms with Crippen LogP contribution in [0, 0.1) is 16.7 Å². The van der Waals surface area contributed by atoms with Gasteiger partial charge in [0.2, 0.25) is 5.88 Å². The Morgan fingerprint density at radius 3 is 2.50 bits per heavy atom. The summed E-state index contributed by atoms with van der Waals surface area (Å²) in [4.78, 5) is 13.2. The van der Waals surface area contributed by atoms with Crippen LogP contribution in [-0.2, 0) is 9.53 Å². The van der Waals surface area contributed by atoms with E-state index in [1.165, 1.54) is 0 Å². The Hall–Kier alpha value is -3.63. The molecule has 1 unspecified atom stereocenters. The molecule has 7 nitrogen and oxygen atoms in total. The maximum absolute atomic E-state index is 13.2. The molecule has 1 atom stereocenters. The van der Waals surface area contributed by atoms with E-state index in [4.69, 9.17) is 36.3 Å². The molecule has 0 saturated carbocycles. The van der Waals surface area contributed by atoms with E-state index in [9.17, 15) is 10.1 Å². The molecule has 188 valence electrons. The number of nitrogens with two attached hydrogens (primary N) is 1. The number of carbonyl (C=O) groups excluding carboxylic acids is 1. The maximum atomic E-state index is 13.2. The van der Waals surface area contributed by atoms with Gasteiger partial charge in [-0.15, -0.1) is 0 Å². The minimum Gasteiger partial charge on any atom is -0.490 e. The van der Waals surface area contributed by atoms with Crippen LogP contribution in [0.5, 0.6) is 17.2 Å². The van der Waals surface area contributed by atoms with E-state index >= 15 is 0 Å². The molecular formula is C28H29ClN2O5. The Balaban J connectivity index is 1.60. The van der Waals surface area contributed by atoms with Gasteiger partial charge in [-0.25, -0.2) is 0 Å². The minimum absolute atomic E-state index is 0.0294. The van der Waals surface area contributed by atoms with Crippen LogP contribution in [0.15, 0.2) is 65.3 Å². The third-order valence-corrected chi connectivity index (χ3v) is 6.42. The number of ketones is 1. The molecule has 2 aromatic carbocycles. The fourth-order valence-electron chi connectivity index (χ4n) is 4.57. The Labute approximate surface area is 216 Å². The first-order chi connectivity index (χ1) is 17.2. The summed E-state index contributed by atoms with van der Waals surface area (Å²) < 4.78 is 23.2. The van der Waals surface area contributed by atoms with Gasteiger partial charge in [0.1, 0.15) is 36.4 Å². The van der Waals surface area contributed by atoms with E-state index in [0.717, 1.165) is 0 Å². The van der Waals surface area contributed by atoms with Crippen LogP contribution < -0.4 is 19.9 Å². The summed E-state index contributed by atoms with van der Waals surface area (Å²) >= 11 is 6.13. The number of rotatable bonds is 8. The molecule has 0 aromatic heterocycles. The summed E-state index contributed by atoms with van der Waals surface area (Å²) in [6.07, 6.45) is 0.935. The molecule has 1 heterocycles. The first kappa shape index (κ1) is 25.5. The van der Waals surface area contributed by atoms with Gasteiger partial charge in [-0.05, 0) is 42.2 Å². The number of Topliss-reactive ketones (excluding diaryl/α,β-unsaturated/α-hetero) is 1. The van der Waals surface area contributed by atoms with Gasteiger partial charge in [0.05, 0.1) is 17.5 Å². The molecule has 0 fully saturated rings. The molecule has 0 spiro atoms. The SMILES string of the molecule is CCOc1cc(C2C(C#N)=C(N)OC3=C2C(=O)CC(C)(C)C3)ccc1OCCOc1ccccc1Cl. The number of hydrogen-bond donors (Lipinski definition) is 1. The lowest BCUT2D eigenvalue weighted by atomic mass is 9.70. The van der Waals surface area contributed by atoms with Crippen LogP contribution in [0.4, 0.5) is 0 Å². The average molecular weight is 509 g/mol.